The lowest BCUT2D eigenvalue weighted by atomic mass is 9.67. The van der Waals surface area contributed by atoms with E-state index >= 15 is 0 Å². The van der Waals surface area contributed by atoms with Crippen LogP contribution in [0.25, 0.3) is 0 Å². The van der Waals surface area contributed by atoms with Gasteiger partial charge in [0.25, 0.3) is 0 Å². The van der Waals surface area contributed by atoms with Crippen molar-refractivity contribution >= 4 is 0 Å². The Kier molecular flexibility index (Phi) is 3.81. The van der Waals surface area contributed by atoms with Crippen molar-refractivity contribution in [2.45, 2.75) is 24.9 Å². The van der Waals surface area contributed by atoms with Crippen molar-refractivity contribution in [2.75, 3.05) is 19.6 Å². The maximum absolute atomic E-state index is 10.1. The smallest absolute Gasteiger partial charge is 0.124 e. The third-order valence-corrected chi connectivity index (χ3v) is 5.23. The predicted molar refractivity (Wildman–Crippen MR) is 95.6 cm³/mol. The molecule has 0 saturated carbocycles. The van der Waals surface area contributed by atoms with E-state index in [1.54, 1.807) is 6.07 Å². The van der Waals surface area contributed by atoms with E-state index in [9.17, 15) is 5.11 Å². The minimum absolute atomic E-state index is 0.127. The number of allylic oxidation sites excluding steroid dienone is 1. The normalized spacial score (nSPS) is 26.1. The molecule has 0 aromatic heterocycles. The zero-order valence-corrected chi connectivity index (χ0v) is 14.0. The number of phenolic OH excluding ortho intramolecular Hbond substituents is 1. The number of likely N-dealkylation sites (tertiary alicyclic amines) is 1. The van der Waals surface area contributed by atoms with Crippen LogP contribution in [-0.4, -0.2) is 35.7 Å². The van der Waals surface area contributed by atoms with Gasteiger partial charge in [-0.05, 0) is 30.7 Å². The molecule has 3 nitrogen and oxygen atoms in total. The summed E-state index contributed by atoms with van der Waals surface area (Å²) < 4.78 is 6.24. The maximum Gasteiger partial charge on any atom is 0.124 e. The molecule has 2 unspecified atom stereocenters. The van der Waals surface area contributed by atoms with Crippen LogP contribution in [0.5, 0.6) is 11.5 Å². The van der Waals surface area contributed by atoms with E-state index in [1.165, 1.54) is 5.56 Å². The quantitative estimate of drug-likeness (QED) is 0.875. The molecule has 4 rings (SSSR count). The molecule has 124 valence electrons. The number of piperidine rings is 1. The van der Waals surface area contributed by atoms with Crippen molar-refractivity contribution < 1.29 is 9.84 Å². The Morgan fingerprint density at radius 3 is 2.88 bits per heavy atom. The SMILES string of the molecule is C/C=C/CN1CC2CC(c3ccccc3)(C1)c1cc(O)ccc1O2. The van der Waals surface area contributed by atoms with Gasteiger partial charge in [0.05, 0.1) is 0 Å². The van der Waals surface area contributed by atoms with Gasteiger partial charge in [-0.25, -0.2) is 0 Å². The fraction of sp³-hybridized carbons (Fsp3) is 0.333. The Balaban J connectivity index is 1.85. The van der Waals surface area contributed by atoms with Crippen LogP contribution in [-0.2, 0) is 5.41 Å². The summed E-state index contributed by atoms with van der Waals surface area (Å²) in [5, 5.41) is 10.1. The lowest BCUT2D eigenvalue weighted by molar-refractivity contribution is 0.0363. The van der Waals surface area contributed by atoms with E-state index in [1.807, 2.05) is 12.1 Å². The molecule has 1 fully saturated rings. The summed E-state index contributed by atoms with van der Waals surface area (Å²) in [6, 6.07) is 16.2. The molecule has 2 heterocycles. The van der Waals surface area contributed by atoms with Crippen LogP contribution < -0.4 is 4.74 Å². The fourth-order valence-corrected chi connectivity index (χ4v) is 4.22. The first-order chi connectivity index (χ1) is 11.7. The van der Waals surface area contributed by atoms with Crippen LogP contribution in [0.2, 0.25) is 0 Å². The van der Waals surface area contributed by atoms with Crippen LogP contribution in [0.1, 0.15) is 24.5 Å². The number of aromatic hydroxyl groups is 1. The Hall–Kier alpha value is -2.26. The van der Waals surface area contributed by atoms with Crippen LogP contribution in [0, 0.1) is 0 Å². The van der Waals surface area contributed by atoms with Gasteiger partial charge in [-0.1, -0.05) is 42.5 Å². The molecule has 2 aliphatic heterocycles. The molecule has 3 heteroatoms. The third kappa shape index (κ3) is 2.49. The second-order valence-corrected chi connectivity index (χ2v) is 6.84. The van der Waals surface area contributed by atoms with Gasteiger partial charge >= 0.3 is 0 Å². The fourth-order valence-electron chi connectivity index (χ4n) is 4.22. The van der Waals surface area contributed by atoms with Gasteiger partial charge in [0.2, 0.25) is 0 Å². The predicted octanol–water partition coefficient (Wildman–Crippen LogP) is 3.72. The highest BCUT2D eigenvalue weighted by Gasteiger charge is 2.48. The first-order valence-corrected chi connectivity index (χ1v) is 8.60. The molecule has 0 amide bonds. The molecule has 0 spiro atoms. The standard InChI is InChI=1S/C21H23NO2/c1-2-3-11-22-14-18-13-21(15-22,16-7-5-4-6-8-16)19-12-17(23)9-10-20(19)24-18/h2-10,12,18,23H,11,13-15H2,1H3/b3-2+. The zero-order chi connectivity index (χ0) is 16.6. The summed E-state index contributed by atoms with van der Waals surface area (Å²) >= 11 is 0. The first kappa shape index (κ1) is 15.3. The summed E-state index contributed by atoms with van der Waals surface area (Å²) in [5.74, 6) is 1.22. The molecule has 2 aromatic carbocycles. The highest BCUT2D eigenvalue weighted by Crippen LogP contribution is 2.49. The lowest BCUT2D eigenvalue weighted by Gasteiger charge is -2.50. The Morgan fingerprint density at radius 2 is 2.08 bits per heavy atom. The molecule has 2 aliphatic rings. The van der Waals surface area contributed by atoms with Crippen molar-refractivity contribution in [1.82, 2.24) is 4.90 Å². The Labute approximate surface area is 143 Å². The molecule has 1 saturated heterocycles. The third-order valence-electron chi connectivity index (χ3n) is 5.23. The molecule has 2 atom stereocenters. The average molecular weight is 321 g/mol. The van der Waals surface area contributed by atoms with Crippen molar-refractivity contribution in [3.05, 3.63) is 71.8 Å². The summed E-state index contributed by atoms with van der Waals surface area (Å²) in [6.07, 6.45) is 5.43. The Morgan fingerprint density at radius 1 is 1.25 bits per heavy atom. The molecule has 0 radical (unpaired) electrons. The van der Waals surface area contributed by atoms with Crippen molar-refractivity contribution in [2.24, 2.45) is 0 Å². The molecule has 0 aliphatic carbocycles. The van der Waals surface area contributed by atoms with Gasteiger partial charge in [0.1, 0.15) is 17.6 Å². The molecule has 2 aromatic rings. The Bertz CT molecular complexity index is 756. The molecular weight excluding hydrogens is 298 g/mol. The minimum atomic E-state index is -0.127. The van der Waals surface area contributed by atoms with Crippen molar-refractivity contribution in [3.8, 4) is 11.5 Å². The van der Waals surface area contributed by atoms with Crippen molar-refractivity contribution in [1.29, 1.82) is 0 Å². The zero-order valence-electron chi connectivity index (χ0n) is 14.0. The van der Waals surface area contributed by atoms with Crippen LogP contribution in [0.15, 0.2) is 60.7 Å². The molecule has 1 N–H and O–H groups in total. The van der Waals surface area contributed by atoms with E-state index in [0.717, 1.165) is 37.4 Å². The minimum Gasteiger partial charge on any atom is -0.508 e. The van der Waals surface area contributed by atoms with E-state index in [2.05, 4.69) is 54.3 Å². The summed E-state index contributed by atoms with van der Waals surface area (Å²) in [4.78, 5) is 2.45. The van der Waals surface area contributed by atoms with Crippen molar-refractivity contribution in [3.63, 3.8) is 0 Å². The van der Waals surface area contributed by atoms with Gasteiger partial charge in [-0.15, -0.1) is 0 Å². The first-order valence-electron chi connectivity index (χ1n) is 8.60. The van der Waals surface area contributed by atoms with Gasteiger partial charge in [0, 0.05) is 37.0 Å². The second kappa shape index (κ2) is 5.99. The van der Waals surface area contributed by atoms with Crippen LogP contribution in [0.4, 0.5) is 0 Å². The average Bonchev–Trinajstić information content (AvgIpc) is 2.61. The number of hydrogen-bond donors (Lipinski definition) is 1. The summed E-state index contributed by atoms with van der Waals surface area (Å²) in [7, 11) is 0. The summed E-state index contributed by atoms with van der Waals surface area (Å²) in [6.45, 7) is 4.87. The second-order valence-electron chi connectivity index (χ2n) is 6.84. The molecular formula is C21H23NO2. The van der Waals surface area contributed by atoms with Crippen LogP contribution in [0.3, 0.4) is 0 Å². The number of hydrogen-bond acceptors (Lipinski definition) is 3. The number of ether oxygens (including phenoxy) is 1. The van der Waals surface area contributed by atoms with Gasteiger partial charge < -0.3 is 9.84 Å². The highest BCUT2D eigenvalue weighted by molar-refractivity contribution is 5.53. The largest absolute Gasteiger partial charge is 0.508 e. The number of phenols is 1. The van der Waals surface area contributed by atoms with E-state index in [-0.39, 0.29) is 11.5 Å². The summed E-state index contributed by atoms with van der Waals surface area (Å²) in [5.41, 5.74) is 2.28. The lowest BCUT2D eigenvalue weighted by Crippen LogP contribution is -2.56. The van der Waals surface area contributed by atoms with E-state index < -0.39 is 0 Å². The molecule has 2 bridgehead atoms. The monoisotopic (exact) mass is 321 g/mol. The molecule has 24 heavy (non-hydrogen) atoms. The van der Waals surface area contributed by atoms with Gasteiger partial charge in [-0.3, -0.25) is 4.90 Å². The van der Waals surface area contributed by atoms with E-state index in [4.69, 9.17) is 4.74 Å². The van der Waals surface area contributed by atoms with Crippen LogP contribution >= 0.6 is 0 Å². The van der Waals surface area contributed by atoms with E-state index in [0.29, 0.717) is 5.75 Å². The van der Waals surface area contributed by atoms with Gasteiger partial charge in [-0.2, -0.15) is 0 Å². The highest BCUT2D eigenvalue weighted by atomic mass is 16.5. The van der Waals surface area contributed by atoms with Gasteiger partial charge in [0.15, 0.2) is 0 Å². The number of nitrogens with zero attached hydrogens (tertiary/aromatic N) is 1. The maximum atomic E-state index is 10.1. The topological polar surface area (TPSA) is 32.7 Å². The number of rotatable bonds is 3. The number of benzene rings is 2. The number of fused-ring (bicyclic) bond motifs is 4.